The van der Waals surface area contributed by atoms with Crippen LogP contribution >= 0.6 is 11.6 Å². The van der Waals surface area contributed by atoms with Crippen molar-refractivity contribution in [2.45, 2.75) is 13.3 Å². The third-order valence-corrected chi connectivity index (χ3v) is 3.35. The first-order chi connectivity index (χ1) is 8.72. The molecule has 1 heterocycles. The highest BCUT2D eigenvalue weighted by atomic mass is 35.5. The highest BCUT2D eigenvalue weighted by Gasteiger charge is 2.05. The van der Waals surface area contributed by atoms with Gasteiger partial charge in [-0.3, -0.25) is 0 Å². The van der Waals surface area contributed by atoms with E-state index in [1.54, 1.807) is 0 Å². The second kappa shape index (κ2) is 4.46. The van der Waals surface area contributed by atoms with Crippen LogP contribution in [0.5, 0.6) is 0 Å². The van der Waals surface area contributed by atoms with Crippen molar-refractivity contribution in [3.63, 3.8) is 0 Å². The standard InChI is InChI=1S/C15H13ClN2/c1-10-4-2-3-5-11(10)8-15-17-13-7-6-12(16)9-14(13)18-15/h2-7,9H,8H2,1H3,(H,17,18). The Hall–Kier alpha value is -1.80. The van der Waals surface area contributed by atoms with E-state index in [-0.39, 0.29) is 0 Å². The SMILES string of the molecule is Cc1ccccc1Cc1nc2ccc(Cl)cc2[nH]1. The van der Waals surface area contributed by atoms with Crippen LogP contribution in [0.3, 0.4) is 0 Å². The van der Waals surface area contributed by atoms with Crippen molar-refractivity contribution in [3.8, 4) is 0 Å². The van der Waals surface area contributed by atoms with Crippen molar-refractivity contribution in [1.82, 2.24) is 9.97 Å². The number of hydrogen-bond donors (Lipinski definition) is 1. The molecule has 2 aromatic carbocycles. The summed E-state index contributed by atoms with van der Waals surface area (Å²) in [7, 11) is 0. The van der Waals surface area contributed by atoms with Crippen molar-refractivity contribution in [2.75, 3.05) is 0 Å². The molecule has 0 aliphatic carbocycles. The van der Waals surface area contributed by atoms with Gasteiger partial charge in [-0.05, 0) is 36.2 Å². The lowest BCUT2D eigenvalue weighted by Crippen LogP contribution is -1.93. The van der Waals surface area contributed by atoms with E-state index < -0.39 is 0 Å². The number of nitrogens with one attached hydrogen (secondary N) is 1. The van der Waals surface area contributed by atoms with Gasteiger partial charge in [-0.15, -0.1) is 0 Å². The maximum Gasteiger partial charge on any atom is 0.111 e. The Bertz CT molecular complexity index is 701. The second-order valence-corrected chi connectivity index (χ2v) is 4.88. The summed E-state index contributed by atoms with van der Waals surface area (Å²) in [6.07, 6.45) is 0.818. The highest BCUT2D eigenvalue weighted by Crippen LogP contribution is 2.19. The molecule has 0 spiro atoms. The molecule has 3 heteroatoms. The van der Waals surface area contributed by atoms with Crippen LogP contribution in [-0.2, 0) is 6.42 Å². The fraction of sp³-hybridized carbons (Fsp3) is 0.133. The summed E-state index contributed by atoms with van der Waals surface area (Å²) in [5, 5.41) is 0.730. The van der Waals surface area contributed by atoms with Gasteiger partial charge in [0.2, 0.25) is 0 Å². The topological polar surface area (TPSA) is 28.7 Å². The lowest BCUT2D eigenvalue weighted by molar-refractivity contribution is 1.03. The molecule has 18 heavy (non-hydrogen) atoms. The van der Waals surface area contributed by atoms with Gasteiger partial charge in [0.1, 0.15) is 5.82 Å². The molecular weight excluding hydrogens is 244 g/mol. The lowest BCUT2D eigenvalue weighted by atomic mass is 10.1. The Balaban J connectivity index is 1.98. The first-order valence-corrected chi connectivity index (χ1v) is 6.29. The smallest absolute Gasteiger partial charge is 0.111 e. The van der Waals surface area contributed by atoms with Crippen molar-refractivity contribution in [1.29, 1.82) is 0 Å². The van der Waals surface area contributed by atoms with Crippen LogP contribution in [0.1, 0.15) is 17.0 Å². The van der Waals surface area contributed by atoms with Gasteiger partial charge in [0.15, 0.2) is 0 Å². The number of H-pyrrole nitrogens is 1. The average molecular weight is 257 g/mol. The zero-order chi connectivity index (χ0) is 12.5. The van der Waals surface area contributed by atoms with E-state index >= 15 is 0 Å². The molecule has 0 amide bonds. The molecule has 0 atom stereocenters. The van der Waals surface area contributed by atoms with Gasteiger partial charge < -0.3 is 4.98 Å². The van der Waals surface area contributed by atoms with E-state index in [4.69, 9.17) is 11.6 Å². The summed E-state index contributed by atoms with van der Waals surface area (Å²) in [5.74, 6) is 0.974. The molecule has 0 unspecified atom stereocenters. The number of halogens is 1. The molecule has 0 radical (unpaired) electrons. The highest BCUT2D eigenvalue weighted by molar-refractivity contribution is 6.31. The number of rotatable bonds is 2. The fourth-order valence-electron chi connectivity index (χ4n) is 2.11. The first-order valence-electron chi connectivity index (χ1n) is 5.91. The van der Waals surface area contributed by atoms with E-state index in [9.17, 15) is 0 Å². The van der Waals surface area contributed by atoms with Crippen LogP contribution in [0.4, 0.5) is 0 Å². The zero-order valence-electron chi connectivity index (χ0n) is 10.1. The van der Waals surface area contributed by atoms with Gasteiger partial charge in [-0.25, -0.2) is 4.98 Å². The van der Waals surface area contributed by atoms with Gasteiger partial charge in [0.25, 0.3) is 0 Å². The van der Waals surface area contributed by atoms with E-state index in [0.29, 0.717) is 0 Å². The van der Waals surface area contributed by atoms with Crippen molar-refractivity contribution >= 4 is 22.6 Å². The minimum Gasteiger partial charge on any atom is -0.342 e. The third kappa shape index (κ3) is 2.12. The van der Waals surface area contributed by atoms with E-state index in [0.717, 1.165) is 28.3 Å². The Labute approximate surface area is 111 Å². The third-order valence-electron chi connectivity index (χ3n) is 3.11. The number of benzene rings is 2. The maximum atomic E-state index is 5.97. The van der Waals surface area contributed by atoms with Gasteiger partial charge in [-0.1, -0.05) is 35.9 Å². The fourth-order valence-corrected chi connectivity index (χ4v) is 2.28. The minimum atomic E-state index is 0.730. The van der Waals surface area contributed by atoms with Crippen LogP contribution in [0.25, 0.3) is 11.0 Å². The molecule has 0 aliphatic heterocycles. The summed E-state index contributed by atoms with van der Waals surface area (Å²) < 4.78 is 0. The van der Waals surface area contributed by atoms with Crippen molar-refractivity contribution < 1.29 is 0 Å². The molecule has 0 saturated heterocycles. The second-order valence-electron chi connectivity index (χ2n) is 4.45. The van der Waals surface area contributed by atoms with Crippen LogP contribution in [-0.4, -0.2) is 9.97 Å². The predicted molar refractivity (Wildman–Crippen MR) is 75.1 cm³/mol. The number of fused-ring (bicyclic) bond motifs is 1. The van der Waals surface area contributed by atoms with E-state index in [1.807, 2.05) is 18.2 Å². The summed E-state index contributed by atoms with van der Waals surface area (Å²) >= 11 is 5.97. The first kappa shape index (κ1) is 11.3. The molecule has 2 nitrogen and oxygen atoms in total. The zero-order valence-corrected chi connectivity index (χ0v) is 10.8. The molecule has 1 aromatic heterocycles. The quantitative estimate of drug-likeness (QED) is 0.734. The van der Waals surface area contributed by atoms with Crippen LogP contribution in [0.2, 0.25) is 5.02 Å². The summed E-state index contributed by atoms with van der Waals surface area (Å²) in [4.78, 5) is 7.89. The normalized spacial score (nSPS) is 11.0. The largest absolute Gasteiger partial charge is 0.342 e. The molecule has 90 valence electrons. The van der Waals surface area contributed by atoms with Gasteiger partial charge in [-0.2, -0.15) is 0 Å². The monoisotopic (exact) mass is 256 g/mol. The summed E-state index contributed by atoms with van der Waals surface area (Å²) in [6.45, 7) is 2.12. The molecule has 3 aromatic rings. The molecule has 3 rings (SSSR count). The Morgan fingerprint density at radius 3 is 2.83 bits per heavy atom. The van der Waals surface area contributed by atoms with Gasteiger partial charge >= 0.3 is 0 Å². The molecule has 0 bridgehead atoms. The van der Waals surface area contributed by atoms with Gasteiger partial charge in [0.05, 0.1) is 11.0 Å². The van der Waals surface area contributed by atoms with Crippen molar-refractivity contribution in [3.05, 3.63) is 64.4 Å². The van der Waals surface area contributed by atoms with Crippen LogP contribution in [0.15, 0.2) is 42.5 Å². The van der Waals surface area contributed by atoms with E-state index in [2.05, 4.69) is 41.2 Å². The minimum absolute atomic E-state index is 0.730. The average Bonchev–Trinajstić information content (AvgIpc) is 2.73. The Morgan fingerprint density at radius 1 is 1.17 bits per heavy atom. The Kier molecular flexibility index (Phi) is 2.80. The van der Waals surface area contributed by atoms with E-state index in [1.165, 1.54) is 11.1 Å². The number of aromatic nitrogens is 2. The summed E-state index contributed by atoms with van der Waals surface area (Å²) in [5.41, 5.74) is 4.53. The number of hydrogen-bond acceptors (Lipinski definition) is 1. The van der Waals surface area contributed by atoms with Gasteiger partial charge in [0, 0.05) is 11.4 Å². The number of aromatic amines is 1. The molecule has 0 aliphatic rings. The molecule has 0 saturated carbocycles. The number of nitrogens with zero attached hydrogens (tertiary/aromatic N) is 1. The van der Waals surface area contributed by atoms with Crippen LogP contribution in [0, 0.1) is 6.92 Å². The number of imidazole rings is 1. The molecule has 1 N–H and O–H groups in total. The summed E-state index contributed by atoms with van der Waals surface area (Å²) in [6, 6.07) is 14.1. The predicted octanol–water partition coefficient (Wildman–Crippen LogP) is 4.12. The Morgan fingerprint density at radius 2 is 2.00 bits per heavy atom. The van der Waals surface area contributed by atoms with Crippen LogP contribution < -0.4 is 0 Å². The maximum absolute atomic E-state index is 5.97. The number of aryl methyl sites for hydroxylation is 1. The van der Waals surface area contributed by atoms with Crippen molar-refractivity contribution in [2.24, 2.45) is 0 Å². The molecular formula is C15H13ClN2. The molecule has 0 fully saturated rings. The lowest BCUT2D eigenvalue weighted by Gasteiger charge is -2.02.